The van der Waals surface area contributed by atoms with Crippen LogP contribution in [0.1, 0.15) is 77.6 Å². The Morgan fingerprint density at radius 1 is 1.14 bits per heavy atom. The van der Waals surface area contributed by atoms with Gasteiger partial charge in [-0.05, 0) is 54.9 Å². The second-order valence-electron chi connectivity index (χ2n) is 8.84. The van der Waals surface area contributed by atoms with Crippen molar-refractivity contribution in [3.05, 3.63) is 33.6 Å². The summed E-state index contributed by atoms with van der Waals surface area (Å²) in [6.07, 6.45) is 1.57. The summed E-state index contributed by atoms with van der Waals surface area (Å²) >= 11 is 0. The highest BCUT2D eigenvalue weighted by Crippen LogP contribution is 2.56. The largest absolute Gasteiger partial charge is 0.507 e. The van der Waals surface area contributed by atoms with Gasteiger partial charge in [0.1, 0.15) is 17.1 Å². The molecule has 0 aromatic heterocycles. The Morgan fingerprint density at radius 2 is 1.64 bits per heavy atom. The van der Waals surface area contributed by atoms with Crippen molar-refractivity contribution in [1.82, 2.24) is 0 Å². The number of phenolic OH excluding ortho intramolecular Hbond substituents is 1. The van der Waals surface area contributed by atoms with Crippen LogP contribution < -0.4 is 0 Å². The van der Waals surface area contributed by atoms with Crippen molar-refractivity contribution in [2.75, 3.05) is 13.2 Å². The third-order valence-electron chi connectivity index (χ3n) is 4.46. The predicted molar refractivity (Wildman–Crippen MR) is 115 cm³/mol. The van der Waals surface area contributed by atoms with Crippen LogP contribution in [0.4, 0.5) is 0 Å². The molecule has 28 heavy (non-hydrogen) atoms. The number of nitriles is 1. The third-order valence-corrected chi connectivity index (χ3v) is 6.47. The molecule has 0 amide bonds. The summed E-state index contributed by atoms with van der Waals surface area (Å²) in [4.78, 5) is 0. The van der Waals surface area contributed by atoms with Gasteiger partial charge in [-0.25, -0.2) is 0 Å². The van der Waals surface area contributed by atoms with Crippen molar-refractivity contribution in [1.29, 1.82) is 5.26 Å². The maximum atomic E-state index is 13.1. The summed E-state index contributed by atoms with van der Waals surface area (Å²) in [6.45, 7) is 17.8. The standard InChI is InChI=1S/C22H34NO4P/c1-10-26-28(25,27-11-2)17(14-23)12-16-13-18(21(4,5)6)20(24)19(15(16)3)22(7,8)9/h12-13,24H,10-11H2,1-9H3/b17-12-. The Hall–Kier alpha value is -1.60. The van der Waals surface area contributed by atoms with Crippen LogP contribution in [-0.2, 0) is 24.4 Å². The number of nitrogens with zero attached hydrogens (tertiary/aromatic N) is 1. The number of hydrogen-bond acceptors (Lipinski definition) is 5. The Morgan fingerprint density at radius 3 is 2.00 bits per heavy atom. The molecule has 0 aliphatic carbocycles. The molecule has 1 aromatic carbocycles. The Balaban J connectivity index is 3.88. The molecule has 156 valence electrons. The van der Waals surface area contributed by atoms with Crippen LogP contribution in [0.25, 0.3) is 6.08 Å². The van der Waals surface area contributed by atoms with Crippen LogP contribution in [-0.4, -0.2) is 18.3 Å². The van der Waals surface area contributed by atoms with Crippen molar-refractivity contribution in [2.24, 2.45) is 0 Å². The van der Waals surface area contributed by atoms with Crippen molar-refractivity contribution in [3.8, 4) is 11.8 Å². The zero-order valence-electron chi connectivity index (χ0n) is 18.6. The highest BCUT2D eigenvalue weighted by molar-refractivity contribution is 7.59. The molecular weight excluding hydrogens is 373 g/mol. The SMILES string of the molecule is CCOP(=O)(OCC)/C(C#N)=C\c1cc(C(C)(C)C)c(O)c(C(C)(C)C)c1C. The van der Waals surface area contributed by atoms with Gasteiger partial charge in [-0.1, -0.05) is 41.5 Å². The molecule has 1 aromatic rings. The van der Waals surface area contributed by atoms with Gasteiger partial charge in [-0.3, -0.25) is 4.57 Å². The molecule has 0 fully saturated rings. The van der Waals surface area contributed by atoms with E-state index in [0.29, 0.717) is 0 Å². The van der Waals surface area contributed by atoms with E-state index in [1.807, 2.05) is 60.6 Å². The van der Waals surface area contributed by atoms with E-state index in [1.165, 1.54) is 0 Å². The van der Waals surface area contributed by atoms with Gasteiger partial charge in [0.25, 0.3) is 0 Å². The lowest BCUT2D eigenvalue weighted by Crippen LogP contribution is -2.19. The predicted octanol–water partition coefficient (Wildman–Crippen LogP) is 6.43. The van der Waals surface area contributed by atoms with Gasteiger partial charge in [0.05, 0.1) is 13.2 Å². The fraction of sp³-hybridized carbons (Fsp3) is 0.591. The monoisotopic (exact) mass is 407 g/mol. The van der Waals surface area contributed by atoms with Crippen LogP contribution in [0.5, 0.6) is 5.75 Å². The zero-order chi connectivity index (χ0) is 21.9. The first kappa shape index (κ1) is 24.4. The molecule has 0 saturated carbocycles. The number of allylic oxidation sites excluding steroid dienone is 1. The van der Waals surface area contributed by atoms with E-state index in [2.05, 4.69) is 0 Å². The van der Waals surface area contributed by atoms with Crippen LogP contribution >= 0.6 is 7.60 Å². The molecule has 1 rings (SSSR count). The first-order chi connectivity index (χ1) is 12.7. The van der Waals surface area contributed by atoms with Gasteiger partial charge in [-0.15, -0.1) is 0 Å². The maximum absolute atomic E-state index is 13.1. The minimum Gasteiger partial charge on any atom is -0.507 e. The number of rotatable bonds is 6. The van der Waals surface area contributed by atoms with E-state index in [-0.39, 0.29) is 35.1 Å². The van der Waals surface area contributed by atoms with E-state index in [0.717, 1.165) is 22.3 Å². The fourth-order valence-corrected chi connectivity index (χ4v) is 4.72. The van der Waals surface area contributed by atoms with Gasteiger partial charge < -0.3 is 14.2 Å². The second-order valence-corrected chi connectivity index (χ2v) is 10.8. The average Bonchev–Trinajstić information content (AvgIpc) is 2.52. The van der Waals surface area contributed by atoms with E-state index in [4.69, 9.17) is 9.05 Å². The van der Waals surface area contributed by atoms with E-state index in [9.17, 15) is 14.9 Å². The van der Waals surface area contributed by atoms with Crippen LogP contribution in [0.3, 0.4) is 0 Å². The summed E-state index contributed by atoms with van der Waals surface area (Å²) < 4.78 is 23.8. The number of aromatic hydroxyl groups is 1. The van der Waals surface area contributed by atoms with Crippen LogP contribution in [0, 0.1) is 18.3 Å². The molecule has 0 radical (unpaired) electrons. The second kappa shape index (κ2) is 8.82. The Bertz CT molecular complexity index is 826. The molecular formula is C22H34NO4P. The zero-order valence-corrected chi connectivity index (χ0v) is 19.5. The van der Waals surface area contributed by atoms with Crippen molar-refractivity contribution >= 4 is 13.7 Å². The average molecular weight is 407 g/mol. The molecule has 0 spiro atoms. The first-order valence-electron chi connectivity index (χ1n) is 9.61. The van der Waals surface area contributed by atoms with Crippen LogP contribution in [0.15, 0.2) is 11.4 Å². The molecule has 0 unspecified atom stereocenters. The van der Waals surface area contributed by atoms with Gasteiger partial charge in [0, 0.05) is 11.1 Å². The molecule has 0 aliphatic heterocycles. The lowest BCUT2D eigenvalue weighted by molar-refractivity contribution is 0.227. The minimum absolute atomic E-state index is 0.0373. The molecule has 0 heterocycles. The normalized spacial score (nSPS) is 13.5. The summed E-state index contributed by atoms with van der Waals surface area (Å²) in [7, 11) is -3.70. The molecule has 0 atom stereocenters. The van der Waals surface area contributed by atoms with E-state index < -0.39 is 7.60 Å². The highest BCUT2D eigenvalue weighted by Gasteiger charge is 2.32. The smallest absolute Gasteiger partial charge is 0.371 e. The number of hydrogen-bond donors (Lipinski definition) is 1. The minimum atomic E-state index is -3.70. The van der Waals surface area contributed by atoms with Crippen molar-refractivity contribution in [3.63, 3.8) is 0 Å². The molecule has 0 bridgehead atoms. The lowest BCUT2D eigenvalue weighted by Gasteiger charge is -2.30. The summed E-state index contributed by atoms with van der Waals surface area (Å²) in [5.74, 6) is 0.269. The molecule has 0 aliphatic rings. The van der Waals surface area contributed by atoms with Gasteiger partial charge in [-0.2, -0.15) is 5.26 Å². The van der Waals surface area contributed by atoms with Crippen LogP contribution in [0.2, 0.25) is 0 Å². The van der Waals surface area contributed by atoms with Gasteiger partial charge in [0.15, 0.2) is 0 Å². The summed E-state index contributed by atoms with van der Waals surface area (Å²) in [6, 6.07) is 3.87. The Kier molecular flexibility index (Phi) is 7.70. The number of phenols is 1. The van der Waals surface area contributed by atoms with Gasteiger partial charge in [0.2, 0.25) is 0 Å². The number of benzene rings is 1. The maximum Gasteiger partial charge on any atom is 0.371 e. The quantitative estimate of drug-likeness (QED) is 0.434. The molecule has 1 N–H and O–H groups in total. The summed E-state index contributed by atoms with van der Waals surface area (Å²) in [5.41, 5.74) is 2.53. The fourth-order valence-electron chi connectivity index (χ4n) is 3.26. The Labute approximate surface area is 169 Å². The highest BCUT2D eigenvalue weighted by atomic mass is 31.2. The molecule has 5 nitrogen and oxygen atoms in total. The molecule has 6 heteroatoms. The summed E-state index contributed by atoms with van der Waals surface area (Å²) in [5, 5.41) is 20.6. The first-order valence-corrected chi connectivity index (χ1v) is 11.2. The molecule has 0 saturated heterocycles. The van der Waals surface area contributed by atoms with Crippen molar-refractivity contribution < 1.29 is 18.7 Å². The van der Waals surface area contributed by atoms with E-state index >= 15 is 0 Å². The lowest BCUT2D eigenvalue weighted by atomic mass is 9.76. The topological polar surface area (TPSA) is 79.5 Å². The van der Waals surface area contributed by atoms with Gasteiger partial charge >= 0.3 is 7.60 Å². The van der Waals surface area contributed by atoms with Crippen molar-refractivity contribution in [2.45, 2.75) is 73.1 Å². The van der Waals surface area contributed by atoms with E-state index in [1.54, 1.807) is 19.9 Å². The third kappa shape index (κ3) is 5.26.